The normalized spacial score (nSPS) is 12.2. The summed E-state index contributed by atoms with van der Waals surface area (Å²) in [4.78, 5) is 0. The molecule has 8 rings (SSSR count). The Morgan fingerprint density at radius 2 is 1.21 bits per heavy atom. The van der Waals surface area contributed by atoms with Crippen molar-refractivity contribution in [3.8, 4) is 28.6 Å². The van der Waals surface area contributed by atoms with Gasteiger partial charge in [-0.15, -0.1) is 0 Å². The average Bonchev–Trinajstić information content (AvgIpc) is 3.50. The number of aromatic nitrogens is 2. The van der Waals surface area contributed by atoms with Gasteiger partial charge in [-0.2, -0.15) is 5.26 Å². The average molecular weight is 644 g/mol. The number of halogens is 5. The third-order valence-electron chi connectivity index (χ3n) is 8.56. The summed E-state index contributed by atoms with van der Waals surface area (Å²) in [5.74, 6) is -10.3. The van der Waals surface area contributed by atoms with Crippen LogP contribution < -0.4 is 0 Å². The molecule has 0 fully saturated rings. The Morgan fingerprint density at radius 3 is 1.92 bits per heavy atom. The van der Waals surface area contributed by atoms with Crippen molar-refractivity contribution in [1.29, 1.82) is 5.26 Å². The van der Waals surface area contributed by atoms with E-state index >= 15 is 8.78 Å². The molecule has 7 aromatic rings. The molecule has 1 aliphatic rings. The van der Waals surface area contributed by atoms with Crippen LogP contribution in [0.4, 0.5) is 22.0 Å². The van der Waals surface area contributed by atoms with Gasteiger partial charge in [0.15, 0.2) is 23.3 Å². The number of hydrogen-bond donors (Lipinski definition) is 0. The van der Waals surface area contributed by atoms with Crippen LogP contribution in [0.1, 0.15) is 37.1 Å². The van der Waals surface area contributed by atoms with Gasteiger partial charge in [0.2, 0.25) is 5.82 Å². The van der Waals surface area contributed by atoms with E-state index < -0.39 is 34.6 Å². The van der Waals surface area contributed by atoms with E-state index in [0.717, 1.165) is 45.0 Å². The number of allylic oxidation sites excluding steroid dienone is 2. The van der Waals surface area contributed by atoms with Crippen LogP contribution in [0.3, 0.4) is 0 Å². The summed E-state index contributed by atoms with van der Waals surface area (Å²) in [6.45, 7) is 4.00. The van der Waals surface area contributed by atoms with E-state index in [4.69, 9.17) is 0 Å². The molecule has 0 bridgehead atoms. The SMILES string of the molecule is CC.N#Cc1cccc(-c2c(F)c(F)c(F)c(F)c2F)c1-n1c2ccccc2c2cc(-n3c4c(c5ccccc53)C=CCC=C4)ccc21. The zero-order chi connectivity index (χ0) is 33.7. The van der Waals surface area contributed by atoms with Gasteiger partial charge in [0, 0.05) is 33.0 Å². The summed E-state index contributed by atoms with van der Waals surface area (Å²) in [7, 11) is 0. The third kappa shape index (κ3) is 4.46. The van der Waals surface area contributed by atoms with E-state index in [9.17, 15) is 18.4 Å². The van der Waals surface area contributed by atoms with Crippen LogP contribution in [0.5, 0.6) is 0 Å². The zero-order valence-corrected chi connectivity index (χ0v) is 25.8. The molecule has 8 heteroatoms. The van der Waals surface area contributed by atoms with Crippen molar-refractivity contribution in [2.24, 2.45) is 0 Å². The molecule has 2 heterocycles. The predicted octanol–water partition coefficient (Wildman–Crippen LogP) is 11.4. The molecule has 48 heavy (non-hydrogen) atoms. The first-order valence-corrected chi connectivity index (χ1v) is 15.5. The van der Waals surface area contributed by atoms with E-state index in [2.05, 4.69) is 47.1 Å². The Kier molecular flexibility index (Phi) is 7.68. The van der Waals surface area contributed by atoms with Gasteiger partial charge < -0.3 is 9.13 Å². The van der Waals surface area contributed by atoms with Crippen molar-refractivity contribution >= 4 is 44.9 Å². The number of para-hydroxylation sites is 3. The van der Waals surface area contributed by atoms with Gasteiger partial charge in [-0.25, -0.2) is 22.0 Å². The van der Waals surface area contributed by atoms with Gasteiger partial charge in [0.1, 0.15) is 6.07 Å². The topological polar surface area (TPSA) is 33.6 Å². The zero-order valence-electron chi connectivity index (χ0n) is 25.8. The summed E-state index contributed by atoms with van der Waals surface area (Å²) in [5, 5.41) is 12.8. The fourth-order valence-corrected chi connectivity index (χ4v) is 6.60. The van der Waals surface area contributed by atoms with Crippen LogP contribution >= 0.6 is 0 Å². The Balaban J connectivity index is 0.00000179. The van der Waals surface area contributed by atoms with Crippen molar-refractivity contribution in [2.75, 3.05) is 0 Å². The minimum absolute atomic E-state index is 0.000472. The number of benzene rings is 5. The molecular weight excluding hydrogens is 617 g/mol. The number of hydrogen-bond acceptors (Lipinski definition) is 1. The van der Waals surface area contributed by atoms with Gasteiger partial charge in [0.25, 0.3) is 0 Å². The largest absolute Gasteiger partial charge is 0.309 e. The summed E-state index contributed by atoms with van der Waals surface area (Å²) in [5.41, 5.74) is 3.73. The Labute approximate surface area is 272 Å². The predicted molar refractivity (Wildman–Crippen MR) is 182 cm³/mol. The maximum Gasteiger partial charge on any atom is 0.200 e. The van der Waals surface area contributed by atoms with E-state index in [1.54, 1.807) is 16.7 Å². The lowest BCUT2D eigenvalue weighted by atomic mass is 9.98. The Morgan fingerprint density at radius 1 is 0.604 bits per heavy atom. The second-order valence-electron chi connectivity index (χ2n) is 11.0. The Hall–Kier alpha value is -5.94. The van der Waals surface area contributed by atoms with Crippen LogP contribution in [0.2, 0.25) is 0 Å². The molecule has 236 valence electrons. The molecule has 0 unspecified atom stereocenters. The van der Waals surface area contributed by atoms with Crippen molar-refractivity contribution in [3.05, 3.63) is 143 Å². The number of nitriles is 1. The molecule has 0 atom stereocenters. The standard InChI is InChI=1S/C38H20F5N3.C2H6/c39-33-32(34(40)36(42)37(43)35(33)41)26-13-8-9-21(20-44)38(26)46-30-16-7-5-12-25(30)27-19-22(17-18-31(27)46)45-28-14-3-1-2-10-23(28)24-11-4-6-15-29(24)45;1-2/h2-19H,1H2;1-2H3. The summed E-state index contributed by atoms with van der Waals surface area (Å²) < 4.78 is 77.2. The lowest BCUT2D eigenvalue weighted by molar-refractivity contribution is 0.381. The first-order chi connectivity index (χ1) is 23.4. The molecule has 0 aliphatic heterocycles. The number of rotatable bonds is 3. The Bertz CT molecular complexity index is 2500. The monoisotopic (exact) mass is 643 g/mol. The minimum atomic E-state index is -2.25. The van der Waals surface area contributed by atoms with Gasteiger partial charge in [0.05, 0.1) is 39.1 Å². The van der Waals surface area contributed by atoms with Crippen LogP contribution in [0.15, 0.2) is 97.1 Å². The highest BCUT2D eigenvalue weighted by Crippen LogP contribution is 2.42. The van der Waals surface area contributed by atoms with Crippen molar-refractivity contribution < 1.29 is 22.0 Å². The number of fused-ring (bicyclic) bond motifs is 6. The molecule has 5 aromatic carbocycles. The van der Waals surface area contributed by atoms with E-state index in [0.29, 0.717) is 11.0 Å². The minimum Gasteiger partial charge on any atom is -0.309 e. The van der Waals surface area contributed by atoms with E-state index in [1.807, 2.05) is 56.3 Å². The first kappa shape index (κ1) is 30.7. The molecule has 0 saturated heterocycles. The maximum absolute atomic E-state index is 15.3. The highest BCUT2D eigenvalue weighted by atomic mass is 19.2. The van der Waals surface area contributed by atoms with E-state index in [-0.39, 0.29) is 16.8 Å². The summed E-state index contributed by atoms with van der Waals surface area (Å²) in [6.07, 6.45) is 9.24. The van der Waals surface area contributed by atoms with Gasteiger partial charge in [-0.05, 0) is 48.9 Å². The fourth-order valence-electron chi connectivity index (χ4n) is 6.60. The maximum atomic E-state index is 15.3. The molecule has 0 N–H and O–H groups in total. The fraction of sp³-hybridized carbons (Fsp3) is 0.0750. The molecular formula is C40H26F5N3. The quantitative estimate of drug-likeness (QED) is 0.107. The van der Waals surface area contributed by atoms with Crippen molar-refractivity contribution in [1.82, 2.24) is 9.13 Å². The second-order valence-corrected chi connectivity index (χ2v) is 11.0. The van der Waals surface area contributed by atoms with Gasteiger partial charge >= 0.3 is 0 Å². The number of nitrogens with zero attached hydrogens (tertiary/aromatic N) is 3. The first-order valence-electron chi connectivity index (χ1n) is 15.5. The third-order valence-corrected chi connectivity index (χ3v) is 8.56. The molecule has 3 nitrogen and oxygen atoms in total. The van der Waals surface area contributed by atoms with Gasteiger partial charge in [-0.1, -0.05) is 80.6 Å². The molecule has 0 spiro atoms. The molecule has 0 radical (unpaired) electrons. The van der Waals surface area contributed by atoms with Crippen molar-refractivity contribution in [2.45, 2.75) is 20.3 Å². The lowest BCUT2D eigenvalue weighted by Crippen LogP contribution is -2.07. The molecule has 0 amide bonds. The van der Waals surface area contributed by atoms with Crippen LogP contribution in [0, 0.1) is 40.4 Å². The molecule has 2 aromatic heterocycles. The smallest absolute Gasteiger partial charge is 0.200 e. The van der Waals surface area contributed by atoms with Crippen LogP contribution in [0.25, 0.3) is 67.4 Å². The highest BCUT2D eigenvalue weighted by Gasteiger charge is 2.30. The highest BCUT2D eigenvalue weighted by molar-refractivity contribution is 6.11. The van der Waals surface area contributed by atoms with Crippen molar-refractivity contribution in [3.63, 3.8) is 0 Å². The molecule has 0 saturated carbocycles. The lowest BCUT2D eigenvalue weighted by Gasteiger charge is -2.17. The summed E-state index contributed by atoms with van der Waals surface area (Å²) in [6, 6.07) is 27.3. The molecule has 1 aliphatic carbocycles. The van der Waals surface area contributed by atoms with Gasteiger partial charge in [-0.3, -0.25) is 0 Å². The van der Waals surface area contributed by atoms with Crippen LogP contribution in [-0.4, -0.2) is 9.13 Å². The summed E-state index contributed by atoms with van der Waals surface area (Å²) >= 11 is 0. The van der Waals surface area contributed by atoms with E-state index in [1.165, 1.54) is 18.2 Å². The van der Waals surface area contributed by atoms with Crippen LogP contribution in [-0.2, 0) is 0 Å². The second kappa shape index (κ2) is 12.0.